The lowest BCUT2D eigenvalue weighted by Gasteiger charge is -2.24. The normalized spacial score (nSPS) is 17.3. The van der Waals surface area contributed by atoms with Gasteiger partial charge in [0, 0.05) is 31.3 Å². The lowest BCUT2D eigenvalue weighted by atomic mass is 9.89. The number of aromatic nitrogens is 4. The highest BCUT2D eigenvalue weighted by Gasteiger charge is 2.24. The van der Waals surface area contributed by atoms with Crippen molar-refractivity contribution in [1.29, 1.82) is 0 Å². The number of fused-ring (bicyclic) bond motifs is 1. The van der Waals surface area contributed by atoms with Crippen LogP contribution >= 0.6 is 0 Å². The summed E-state index contributed by atoms with van der Waals surface area (Å²) in [6.45, 7) is 1.17. The highest BCUT2D eigenvalue weighted by molar-refractivity contribution is 5.91. The number of aliphatic hydroxyl groups is 1. The van der Waals surface area contributed by atoms with E-state index in [-0.39, 0.29) is 30.3 Å². The first kappa shape index (κ1) is 27.1. The van der Waals surface area contributed by atoms with E-state index in [0.717, 1.165) is 49.7 Å². The van der Waals surface area contributed by atoms with Gasteiger partial charge >= 0.3 is 5.69 Å². The molecule has 208 valence electrons. The van der Waals surface area contributed by atoms with E-state index in [1.807, 2.05) is 24.3 Å². The first-order valence-corrected chi connectivity index (χ1v) is 14.4. The first-order valence-electron chi connectivity index (χ1n) is 14.4. The van der Waals surface area contributed by atoms with Gasteiger partial charge in [0.2, 0.25) is 5.91 Å². The fraction of sp³-hybridized carbons (Fsp3) is 0.533. The average Bonchev–Trinajstić information content (AvgIpc) is 3.42. The minimum atomic E-state index is -0.285. The first-order chi connectivity index (χ1) is 19.0. The van der Waals surface area contributed by atoms with Gasteiger partial charge in [0.15, 0.2) is 5.65 Å². The summed E-state index contributed by atoms with van der Waals surface area (Å²) in [5.41, 5.74) is 1.94. The molecule has 39 heavy (non-hydrogen) atoms. The summed E-state index contributed by atoms with van der Waals surface area (Å²) in [5, 5.41) is 11.4. The summed E-state index contributed by atoms with van der Waals surface area (Å²) in [6, 6.07) is 7.50. The number of rotatable bonds is 9. The SMILES string of the molecule is O=C(/C=C/c1ccc(-c2nc3c([nH]2)c(=O)n(CC2CCCCC2)c(=O)n3CC2CCCCC2)cc1)NCCO. The third kappa shape index (κ3) is 6.41. The maximum atomic E-state index is 13.8. The molecule has 1 aromatic carbocycles. The van der Waals surface area contributed by atoms with E-state index in [4.69, 9.17) is 10.1 Å². The number of aromatic amines is 1. The van der Waals surface area contributed by atoms with E-state index in [2.05, 4.69) is 10.3 Å². The standard InChI is InChI=1S/C30H39N5O4/c36-18-17-31-25(37)16-13-21-11-14-24(15-12-21)27-32-26-28(33-27)34(19-22-7-3-1-4-8-22)30(39)35(29(26)38)20-23-9-5-2-6-10-23/h11-16,22-23,36H,1-10,17-20H2,(H,31,37)(H,32,33)/b16-13+. The summed E-state index contributed by atoms with van der Waals surface area (Å²) in [4.78, 5) is 47.2. The zero-order chi connectivity index (χ0) is 27.2. The fourth-order valence-corrected chi connectivity index (χ4v) is 6.05. The Bertz CT molecular complexity index is 1420. The summed E-state index contributed by atoms with van der Waals surface area (Å²) in [7, 11) is 0. The maximum Gasteiger partial charge on any atom is 0.332 e. The summed E-state index contributed by atoms with van der Waals surface area (Å²) < 4.78 is 3.20. The van der Waals surface area contributed by atoms with Crippen LogP contribution in [0.15, 0.2) is 39.9 Å². The Balaban J connectivity index is 1.48. The van der Waals surface area contributed by atoms with Gasteiger partial charge in [-0.1, -0.05) is 62.8 Å². The minimum absolute atomic E-state index is 0.105. The van der Waals surface area contributed by atoms with Crippen LogP contribution < -0.4 is 16.6 Å². The molecule has 0 saturated heterocycles. The predicted octanol–water partition coefficient (Wildman–Crippen LogP) is 3.84. The van der Waals surface area contributed by atoms with Gasteiger partial charge < -0.3 is 15.4 Å². The summed E-state index contributed by atoms with van der Waals surface area (Å²) >= 11 is 0. The van der Waals surface area contributed by atoms with Crippen molar-refractivity contribution in [3.8, 4) is 11.4 Å². The number of carbonyl (C=O) groups excluding carboxylic acids is 1. The van der Waals surface area contributed by atoms with Crippen LogP contribution in [0.2, 0.25) is 0 Å². The summed E-state index contributed by atoms with van der Waals surface area (Å²) in [6.07, 6.45) is 14.6. The fourth-order valence-electron chi connectivity index (χ4n) is 6.05. The second kappa shape index (κ2) is 12.6. The molecular weight excluding hydrogens is 494 g/mol. The Labute approximate surface area is 228 Å². The van der Waals surface area contributed by atoms with Crippen molar-refractivity contribution in [2.75, 3.05) is 13.2 Å². The molecule has 2 aliphatic rings. The number of nitrogens with zero attached hydrogens (tertiary/aromatic N) is 3. The van der Waals surface area contributed by atoms with Gasteiger partial charge in [0.05, 0.1) is 6.61 Å². The number of nitrogens with one attached hydrogen (secondary N) is 2. The van der Waals surface area contributed by atoms with E-state index in [1.54, 1.807) is 10.6 Å². The lowest BCUT2D eigenvalue weighted by molar-refractivity contribution is -0.116. The van der Waals surface area contributed by atoms with E-state index >= 15 is 0 Å². The molecule has 0 aliphatic heterocycles. The van der Waals surface area contributed by atoms with Crippen LogP contribution in [-0.2, 0) is 17.9 Å². The molecule has 1 amide bonds. The van der Waals surface area contributed by atoms with Crippen molar-refractivity contribution in [2.24, 2.45) is 11.8 Å². The molecule has 0 radical (unpaired) electrons. The lowest BCUT2D eigenvalue weighted by Crippen LogP contribution is -2.42. The van der Waals surface area contributed by atoms with Crippen molar-refractivity contribution in [1.82, 2.24) is 24.4 Å². The minimum Gasteiger partial charge on any atom is -0.395 e. The second-order valence-corrected chi connectivity index (χ2v) is 11.1. The number of amides is 1. The van der Waals surface area contributed by atoms with Gasteiger partial charge in [-0.3, -0.25) is 18.7 Å². The molecule has 3 aromatic rings. The van der Waals surface area contributed by atoms with Crippen molar-refractivity contribution in [3.63, 3.8) is 0 Å². The maximum absolute atomic E-state index is 13.8. The number of carbonyl (C=O) groups is 1. The Kier molecular flexibility index (Phi) is 8.76. The highest BCUT2D eigenvalue weighted by atomic mass is 16.3. The predicted molar refractivity (Wildman–Crippen MR) is 152 cm³/mol. The number of imidazole rings is 1. The molecule has 0 atom stereocenters. The second-order valence-electron chi connectivity index (χ2n) is 11.1. The van der Waals surface area contributed by atoms with Crippen molar-refractivity contribution < 1.29 is 9.90 Å². The van der Waals surface area contributed by atoms with Crippen molar-refractivity contribution in [3.05, 3.63) is 56.7 Å². The molecule has 9 heteroatoms. The zero-order valence-corrected chi connectivity index (χ0v) is 22.5. The largest absolute Gasteiger partial charge is 0.395 e. The zero-order valence-electron chi connectivity index (χ0n) is 22.5. The van der Waals surface area contributed by atoms with Crippen LogP contribution in [0.3, 0.4) is 0 Å². The van der Waals surface area contributed by atoms with Crippen LogP contribution in [0.25, 0.3) is 28.6 Å². The van der Waals surface area contributed by atoms with Gasteiger partial charge in [-0.05, 0) is 49.2 Å². The molecular formula is C30H39N5O4. The smallest absolute Gasteiger partial charge is 0.332 e. The Hall–Kier alpha value is -3.46. The average molecular weight is 534 g/mol. The summed E-state index contributed by atoms with van der Waals surface area (Å²) in [5.74, 6) is 1.05. The monoisotopic (exact) mass is 533 g/mol. The molecule has 2 fully saturated rings. The number of hydrogen-bond donors (Lipinski definition) is 3. The van der Waals surface area contributed by atoms with Gasteiger partial charge in [-0.2, -0.15) is 0 Å². The van der Waals surface area contributed by atoms with Crippen LogP contribution in [0.4, 0.5) is 0 Å². The van der Waals surface area contributed by atoms with E-state index in [9.17, 15) is 14.4 Å². The van der Waals surface area contributed by atoms with Crippen LogP contribution in [0.1, 0.15) is 69.8 Å². The number of hydrogen-bond acceptors (Lipinski definition) is 5. The van der Waals surface area contributed by atoms with Gasteiger partial charge in [-0.15, -0.1) is 0 Å². The molecule has 2 aliphatic carbocycles. The number of benzene rings is 1. The quantitative estimate of drug-likeness (QED) is 0.361. The molecule has 5 rings (SSSR count). The van der Waals surface area contributed by atoms with Crippen molar-refractivity contribution in [2.45, 2.75) is 77.3 Å². The topological polar surface area (TPSA) is 122 Å². The van der Waals surface area contributed by atoms with E-state index < -0.39 is 0 Å². The molecule has 2 heterocycles. The Morgan fingerprint density at radius 3 is 2.18 bits per heavy atom. The molecule has 2 saturated carbocycles. The number of H-pyrrole nitrogens is 1. The Morgan fingerprint density at radius 2 is 1.56 bits per heavy atom. The number of aliphatic hydroxyl groups excluding tert-OH is 1. The highest BCUT2D eigenvalue weighted by Crippen LogP contribution is 2.27. The van der Waals surface area contributed by atoms with Crippen LogP contribution in [0.5, 0.6) is 0 Å². The van der Waals surface area contributed by atoms with E-state index in [0.29, 0.717) is 41.9 Å². The van der Waals surface area contributed by atoms with Gasteiger partial charge in [0.1, 0.15) is 11.3 Å². The van der Waals surface area contributed by atoms with E-state index in [1.165, 1.54) is 36.3 Å². The van der Waals surface area contributed by atoms with Crippen molar-refractivity contribution >= 4 is 23.1 Å². The third-order valence-electron chi connectivity index (χ3n) is 8.21. The molecule has 0 unspecified atom stereocenters. The molecule has 0 spiro atoms. The van der Waals surface area contributed by atoms with Crippen LogP contribution in [0, 0.1) is 11.8 Å². The molecule has 9 nitrogen and oxygen atoms in total. The van der Waals surface area contributed by atoms with Gasteiger partial charge in [0.25, 0.3) is 5.56 Å². The van der Waals surface area contributed by atoms with Crippen LogP contribution in [-0.4, -0.2) is 43.3 Å². The molecule has 3 N–H and O–H groups in total. The molecule has 0 bridgehead atoms. The van der Waals surface area contributed by atoms with Gasteiger partial charge in [-0.25, -0.2) is 9.78 Å². The molecule has 2 aromatic heterocycles. The Morgan fingerprint density at radius 1 is 0.949 bits per heavy atom. The third-order valence-corrected chi connectivity index (χ3v) is 8.21.